The van der Waals surface area contributed by atoms with Gasteiger partial charge in [-0.15, -0.1) is 0 Å². The Morgan fingerprint density at radius 2 is 0.762 bits per heavy atom. The predicted molar refractivity (Wildman–Crippen MR) is 178 cm³/mol. The number of para-hydroxylation sites is 4. The highest BCUT2D eigenvalue weighted by molar-refractivity contribution is 6.19. The zero-order valence-corrected chi connectivity index (χ0v) is 23.1. The van der Waals surface area contributed by atoms with E-state index in [1.807, 2.05) is 0 Å². The molecule has 0 radical (unpaired) electrons. The summed E-state index contributed by atoms with van der Waals surface area (Å²) in [6.07, 6.45) is 0. The fraction of sp³-hybridized carbons (Fsp3) is 0. The minimum Gasteiger partial charge on any atom is -0.310 e. The highest BCUT2D eigenvalue weighted by Crippen LogP contribution is 2.52. The summed E-state index contributed by atoms with van der Waals surface area (Å²) in [6, 6.07) is 60.7. The van der Waals surface area contributed by atoms with Crippen LogP contribution in [0.2, 0.25) is 0 Å². The van der Waals surface area contributed by atoms with Crippen LogP contribution in [0.3, 0.4) is 0 Å². The molecule has 7 aromatic carbocycles. The number of benzene rings is 7. The van der Waals surface area contributed by atoms with E-state index in [0.29, 0.717) is 0 Å². The lowest BCUT2D eigenvalue weighted by molar-refractivity contribution is 1.28. The molecule has 1 aliphatic carbocycles. The van der Waals surface area contributed by atoms with E-state index < -0.39 is 0 Å². The Hall–Kier alpha value is -5.60. The van der Waals surface area contributed by atoms with Gasteiger partial charge in [-0.25, -0.2) is 0 Å². The topological polar surface area (TPSA) is 6.48 Å². The molecule has 0 amide bonds. The van der Waals surface area contributed by atoms with Gasteiger partial charge in [0, 0.05) is 33.8 Å². The second-order valence-electron chi connectivity index (χ2n) is 10.6. The zero-order valence-electron chi connectivity index (χ0n) is 23.1. The van der Waals surface area contributed by atoms with Gasteiger partial charge in [0.25, 0.3) is 0 Å². The third-order valence-electron chi connectivity index (χ3n) is 8.16. The summed E-state index contributed by atoms with van der Waals surface area (Å²) >= 11 is 0. The fourth-order valence-corrected chi connectivity index (χ4v) is 6.35. The average Bonchev–Trinajstić information content (AvgIpc) is 3.39. The van der Waals surface area contributed by atoms with E-state index in [0.717, 1.165) is 28.4 Å². The number of rotatable bonds is 6. The van der Waals surface area contributed by atoms with Crippen molar-refractivity contribution in [2.75, 3.05) is 9.80 Å². The SMILES string of the molecule is c1ccc(N(c2ccccc2)c2ccc3c(c2)-c2ccc(N(c4ccccc4)c4ccccc4)c4cccc-3c24)cc1. The minimum atomic E-state index is 1.14. The Morgan fingerprint density at radius 3 is 1.31 bits per heavy atom. The van der Waals surface area contributed by atoms with Gasteiger partial charge in [0.05, 0.1) is 5.69 Å². The van der Waals surface area contributed by atoms with Crippen molar-refractivity contribution in [3.05, 3.63) is 170 Å². The molecule has 0 bridgehead atoms. The third-order valence-corrected chi connectivity index (χ3v) is 8.16. The van der Waals surface area contributed by atoms with Gasteiger partial charge in [0.15, 0.2) is 0 Å². The van der Waals surface area contributed by atoms with Crippen LogP contribution in [0, 0.1) is 0 Å². The van der Waals surface area contributed by atoms with Crippen molar-refractivity contribution in [1.82, 2.24) is 0 Å². The maximum Gasteiger partial charge on any atom is 0.0540 e. The molecule has 0 unspecified atom stereocenters. The summed E-state index contributed by atoms with van der Waals surface area (Å²) in [5.74, 6) is 0. The molecular formula is C40H28N2. The lowest BCUT2D eigenvalue weighted by Crippen LogP contribution is -2.10. The Kier molecular flexibility index (Phi) is 5.82. The molecule has 0 N–H and O–H groups in total. The molecule has 0 aromatic heterocycles. The van der Waals surface area contributed by atoms with E-state index in [4.69, 9.17) is 0 Å². The molecule has 0 fully saturated rings. The van der Waals surface area contributed by atoms with E-state index in [1.165, 1.54) is 38.7 Å². The van der Waals surface area contributed by atoms with E-state index >= 15 is 0 Å². The van der Waals surface area contributed by atoms with Crippen molar-refractivity contribution in [3.63, 3.8) is 0 Å². The number of nitrogens with zero attached hydrogens (tertiary/aromatic N) is 2. The van der Waals surface area contributed by atoms with Gasteiger partial charge in [0.1, 0.15) is 0 Å². The largest absolute Gasteiger partial charge is 0.310 e. The number of hydrogen-bond donors (Lipinski definition) is 0. The lowest BCUT2D eigenvalue weighted by Gasteiger charge is -2.27. The second kappa shape index (κ2) is 10.1. The maximum absolute atomic E-state index is 2.36. The third kappa shape index (κ3) is 3.96. The summed E-state index contributed by atoms with van der Waals surface area (Å²) in [5.41, 5.74) is 12.0. The smallest absolute Gasteiger partial charge is 0.0540 e. The lowest BCUT2D eigenvalue weighted by atomic mass is 10.00. The first-order chi connectivity index (χ1) is 20.9. The predicted octanol–water partition coefficient (Wildman–Crippen LogP) is 11.4. The van der Waals surface area contributed by atoms with Crippen molar-refractivity contribution in [3.8, 4) is 22.3 Å². The maximum atomic E-state index is 2.36. The van der Waals surface area contributed by atoms with Gasteiger partial charge in [-0.3, -0.25) is 0 Å². The normalized spacial score (nSPS) is 11.3. The zero-order chi connectivity index (χ0) is 27.9. The monoisotopic (exact) mass is 536 g/mol. The van der Waals surface area contributed by atoms with Crippen LogP contribution < -0.4 is 9.80 Å². The average molecular weight is 537 g/mol. The molecular weight excluding hydrogens is 508 g/mol. The quantitative estimate of drug-likeness (QED) is 0.208. The van der Waals surface area contributed by atoms with Gasteiger partial charge in [-0.2, -0.15) is 0 Å². The Morgan fingerprint density at radius 1 is 0.286 bits per heavy atom. The Labute approximate surface area is 246 Å². The fourth-order valence-electron chi connectivity index (χ4n) is 6.35. The van der Waals surface area contributed by atoms with Gasteiger partial charge >= 0.3 is 0 Å². The number of fused-ring (bicyclic) bond motifs is 3. The van der Waals surface area contributed by atoms with E-state index in [-0.39, 0.29) is 0 Å². The summed E-state index contributed by atoms with van der Waals surface area (Å²) in [5, 5.41) is 2.56. The highest BCUT2D eigenvalue weighted by atomic mass is 15.1. The first-order valence-corrected chi connectivity index (χ1v) is 14.4. The van der Waals surface area contributed by atoms with E-state index in [9.17, 15) is 0 Å². The van der Waals surface area contributed by atoms with Gasteiger partial charge in [-0.1, -0.05) is 103 Å². The molecule has 0 saturated carbocycles. The van der Waals surface area contributed by atoms with Crippen LogP contribution in [0.5, 0.6) is 0 Å². The molecule has 2 heteroatoms. The van der Waals surface area contributed by atoms with Crippen LogP contribution >= 0.6 is 0 Å². The van der Waals surface area contributed by atoms with Crippen molar-refractivity contribution in [2.45, 2.75) is 0 Å². The molecule has 0 atom stereocenters. The molecule has 7 aromatic rings. The summed E-state index contributed by atoms with van der Waals surface area (Å²) in [7, 11) is 0. The molecule has 8 rings (SSSR count). The molecule has 0 aliphatic heterocycles. The Balaban J connectivity index is 1.31. The molecule has 42 heavy (non-hydrogen) atoms. The van der Waals surface area contributed by atoms with Crippen molar-refractivity contribution >= 4 is 44.9 Å². The van der Waals surface area contributed by atoms with Crippen molar-refractivity contribution in [2.24, 2.45) is 0 Å². The first-order valence-electron chi connectivity index (χ1n) is 14.4. The van der Waals surface area contributed by atoms with Gasteiger partial charge in [-0.05, 0) is 94.4 Å². The van der Waals surface area contributed by atoms with Crippen molar-refractivity contribution < 1.29 is 0 Å². The van der Waals surface area contributed by atoms with Crippen LogP contribution in [0.25, 0.3) is 33.0 Å². The molecule has 0 saturated heterocycles. The van der Waals surface area contributed by atoms with E-state index in [1.54, 1.807) is 0 Å². The molecule has 198 valence electrons. The summed E-state index contributed by atoms with van der Waals surface area (Å²) in [4.78, 5) is 4.70. The second-order valence-corrected chi connectivity index (χ2v) is 10.6. The number of anilines is 6. The van der Waals surface area contributed by atoms with Crippen LogP contribution in [-0.2, 0) is 0 Å². The molecule has 1 aliphatic rings. The van der Waals surface area contributed by atoms with Crippen LogP contribution in [-0.4, -0.2) is 0 Å². The Bertz CT molecular complexity index is 1940. The first kappa shape index (κ1) is 24.2. The summed E-state index contributed by atoms with van der Waals surface area (Å²) < 4.78 is 0. The molecule has 0 spiro atoms. The van der Waals surface area contributed by atoms with Gasteiger partial charge < -0.3 is 9.80 Å². The van der Waals surface area contributed by atoms with Gasteiger partial charge in [0.2, 0.25) is 0 Å². The highest BCUT2D eigenvalue weighted by Gasteiger charge is 2.26. The van der Waals surface area contributed by atoms with Crippen LogP contribution in [0.4, 0.5) is 34.1 Å². The summed E-state index contributed by atoms with van der Waals surface area (Å²) in [6.45, 7) is 0. The number of hydrogen-bond acceptors (Lipinski definition) is 2. The van der Waals surface area contributed by atoms with Crippen molar-refractivity contribution in [1.29, 1.82) is 0 Å². The van der Waals surface area contributed by atoms with E-state index in [2.05, 4.69) is 180 Å². The minimum absolute atomic E-state index is 1.14. The molecule has 0 heterocycles. The van der Waals surface area contributed by atoms with Crippen LogP contribution in [0.1, 0.15) is 0 Å². The standard InChI is InChI=1S/C40H28N2/c1-5-14-29(15-6-1)41(30-16-7-2-8-17-30)33-24-25-34-35-22-13-23-37-39(27-26-36(40(35)37)38(34)28-33)42(31-18-9-3-10-19-31)32-20-11-4-12-21-32/h1-28H. The molecule has 2 nitrogen and oxygen atoms in total. The van der Waals surface area contributed by atoms with Crippen LogP contribution in [0.15, 0.2) is 170 Å².